The lowest BCUT2D eigenvalue weighted by Crippen LogP contribution is -2.59. The summed E-state index contributed by atoms with van der Waals surface area (Å²) in [4.78, 5) is 60.1. The highest BCUT2D eigenvalue weighted by Crippen LogP contribution is 2.61. The molecule has 3 aliphatic rings. The molecule has 12 heteroatoms. The highest BCUT2D eigenvalue weighted by Gasteiger charge is 2.77. The molecule has 2 N–H and O–H groups in total. The zero-order valence-corrected chi connectivity index (χ0v) is 32.4. The van der Waals surface area contributed by atoms with Crippen molar-refractivity contribution in [3.8, 4) is 0 Å². The Morgan fingerprint density at radius 2 is 1.74 bits per heavy atom. The van der Waals surface area contributed by atoms with Crippen molar-refractivity contribution >= 4 is 56.9 Å². The number of nitrogens with zero attached hydrogens (tertiary/aromatic N) is 2. The molecule has 6 rings (SSSR count). The highest BCUT2D eigenvalue weighted by atomic mass is 79.9. The van der Waals surface area contributed by atoms with E-state index in [1.807, 2.05) is 60.7 Å². The first-order chi connectivity index (χ1) is 26.1. The predicted molar refractivity (Wildman–Crippen MR) is 210 cm³/mol. The third kappa shape index (κ3) is 7.51. The lowest BCUT2D eigenvalue weighted by molar-refractivity contribution is -0.162. The molecule has 10 nitrogen and oxygen atoms in total. The van der Waals surface area contributed by atoms with E-state index in [0.29, 0.717) is 22.7 Å². The van der Waals surface area contributed by atoms with E-state index < -0.39 is 77.0 Å². The summed E-state index contributed by atoms with van der Waals surface area (Å²) in [5.74, 6) is -4.06. The number of carbonyl (C=O) groups excluding carboxylic acids is 4. The standard InChI is InChI=1S/C42H45BrClN3O7/c1-4-6-21-33(49)45-26(3)36(28-17-11-8-12-18-28)53-41(52)34-35-39(50)47(29(25-48)23-27-15-9-7-10-16-27)38(42(35)24-30(43)37(34)54-42)40(51)46(22-5-2)32-20-14-13-19-31(32)44/h4-5,7-20,26,29-30,34-38,48H,1-2,6,21-25H2,3H3,(H,45,49)/t26-,29-,30?,34-,35+,36-,37-,38-,42+/m1/s1. The van der Waals surface area contributed by atoms with E-state index in [2.05, 4.69) is 34.4 Å². The van der Waals surface area contributed by atoms with Crippen molar-refractivity contribution in [2.75, 3.05) is 18.1 Å². The number of aliphatic hydroxyl groups excluding tert-OH is 1. The van der Waals surface area contributed by atoms with Crippen molar-refractivity contribution in [1.82, 2.24) is 10.2 Å². The fourth-order valence-corrected chi connectivity index (χ4v) is 9.52. The number of esters is 1. The molecule has 3 saturated heterocycles. The van der Waals surface area contributed by atoms with Gasteiger partial charge in [0.05, 0.1) is 47.3 Å². The van der Waals surface area contributed by atoms with Gasteiger partial charge in [-0.3, -0.25) is 19.2 Å². The number of likely N-dealkylation sites (tertiary alicyclic amines) is 1. The maximum Gasteiger partial charge on any atom is 0.313 e. The Labute approximate surface area is 329 Å². The number of fused-ring (bicyclic) bond motifs is 1. The normalized spacial score (nSPS) is 25.7. The molecule has 0 aliphatic carbocycles. The maximum atomic E-state index is 15.1. The molecule has 1 spiro atoms. The van der Waals surface area contributed by atoms with E-state index in [4.69, 9.17) is 21.1 Å². The first kappa shape index (κ1) is 39.4. The summed E-state index contributed by atoms with van der Waals surface area (Å²) in [6.45, 7) is 8.95. The Bertz CT molecular complexity index is 1860. The minimum absolute atomic E-state index is 0.0755. The van der Waals surface area contributed by atoms with E-state index >= 15 is 9.59 Å². The monoisotopic (exact) mass is 817 g/mol. The summed E-state index contributed by atoms with van der Waals surface area (Å²) < 4.78 is 13.1. The topological polar surface area (TPSA) is 125 Å². The number of carbonyl (C=O) groups is 4. The van der Waals surface area contributed by atoms with Crippen LogP contribution >= 0.6 is 27.5 Å². The zero-order valence-electron chi connectivity index (χ0n) is 30.1. The van der Waals surface area contributed by atoms with Gasteiger partial charge in [-0.25, -0.2) is 0 Å². The number of nitrogens with one attached hydrogen (secondary N) is 1. The molecule has 3 heterocycles. The first-order valence-corrected chi connectivity index (χ1v) is 19.5. The van der Waals surface area contributed by atoms with Gasteiger partial charge >= 0.3 is 5.97 Å². The summed E-state index contributed by atoms with van der Waals surface area (Å²) in [6, 6.07) is 22.7. The molecule has 0 saturated carbocycles. The van der Waals surface area contributed by atoms with E-state index in [1.165, 1.54) is 9.80 Å². The van der Waals surface area contributed by atoms with Gasteiger partial charge in [0.25, 0.3) is 5.91 Å². The van der Waals surface area contributed by atoms with Crippen molar-refractivity contribution in [2.24, 2.45) is 11.8 Å². The minimum atomic E-state index is -1.45. The molecular formula is C42H45BrClN3O7. The van der Waals surface area contributed by atoms with Crippen molar-refractivity contribution in [1.29, 1.82) is 0 Å². The van der Waals surface area contributed by atoms with Gasteiger partial charge in [-0.15, -0.1) is 13.2 Å². The number of hydrogen-bond acceptors (Lipinski definition) is 7. The highest BCUT2D eigenvalue weighted by molar-refractivity contribution is 9.09. The van der Waals surface area contributed by atoms with E-state index in [0.717, 1.165) is 5.56 Å². The molecule has 3 aromatic rings. The van der Waals surface area contributed by atoms with Gasteiger partial charge in [0.15, 0.2) is 0 Å². The summed E-state index contributed by atoms with van der Waals surface area (Å²) in [5.41, 5.74) is 0.489. The number of ether oxygens (including phenoxy) is 2. The van der Waals surface area contributed by atoms with Crippen LogP contribution in [0.3, 0.4) is 0 Å². The Hall–Kier alpha value is -4.29. The van der Waals surface area contributed by atoms with Crippen LogP contribution in [0.2, 0.25) is 5.02 Å². The van der Waals surface area contributed by atoms with Crippen molar-refractivity contribution in [3.05, 3.63) is 126 Å². The van der Waals surface area contributed by atoms with Crippen molar-refractivity contribution in [2.45, 2.75) is 73.4 Å². The number of halogens is 2. The van der Waals surface area contributed by atoms with Gasteiger partial charge in [-0.1, -0.05) is 112 Å². The number of hydrogen-bond donors (Lipinski definition) is 2. The lowest BCUT2D eigenvalue weighted by Gasteiger charge is -2.39. The molecule has 0 aromatic heterocycles. The number of allylic oxidation sites excluding steroid dienone is 1. The largest absolute Gasteiger partial charge is 0.455 e. The molecule has 1 unspecified atom stereocenters. The molecule has 3 amide bonds. The maximum absolute atomic E-state index is 15.1. The van der Waals surface area contributed by atoms with Gasteiger partial charge in [0.1, 0.15) is 17.7 Å². The Balaban J connectivity index is 1.40. The quantitative estimate of drug-likeness (QED) is 0.104. The first-order valence-electron chi connectivity index (χ1n) is 18.2. The Kier molecular flexibility index (Phi) is 12.4. The molecule has 54 heavy (non-hydrogen) atoms. The molecule has 3 aliphatic heterocycles. The van der Waals surface area contributed by atoms with Crippen LogP contribution in [0.4, 0.5) is 5.69 Å². The van der Waals surface area contributed by atoms with Gasteiger partial charge in [-0.05, 0) is 49.4 Å². The second-order valence-corrected chi connectivity index (χ2v) is 15.7. The summed E-state index contributed by atoms with van der Waals surface area (Å²) in [7, 11) is 0. The van der Waals surface area contributed by atoms with Gasteiger partial charge < -0.3 is 29.7 Å². The SMILES string of the molecule is C=CCCC(=O)N[C@H](C)[C@@H](OC(=O)[C@H]1[C@@H]2O[C@@]3(CC2Br)[C@@H]1C(=O)N([C@@H](CO)Cc1ccccc1)[C@@H]3C(=O)N(CC=C)c1ccccc1Cl)c1ccccc1. The summed E-state index contributed by atoms with van der Waals surface area (Å²) in [6.07, 6.45) is 2.75. The fourth-order valence-electron chi connectivity index (χ4n) is 8.34. The molecule has 284 valence electrons. The number of amides is 3. The Morgan fingerprint density at radius 1 is 1.07 bits per heavy atom. The third-order valence-corrected chi connectivity index (χ3v) is 11.8. The zero-order chi connectivity index (χ0) is 38.6. The number of para-hydroxylation sites is 1. The summed E-state index contributed by atoms with van der Waals surface area (Å²) in [5, 5.41) is 14.2. The smallest absolute Gasteiger partial charge is 0.313 e. The Morgan fingerprint density at radius 3 is 2.39 bits per heavy atom. The predicted octanol–water partition coefficient (Wildman–Crippen LogP) is 5.97. The third-order valence-electron chi connectivity index (χ3n) is 10.7. The van der Waals surface area contributed by atoms with E-state index in [9.17, 15) is 14.7 Å². The lowest BCUT2D eigenvalue weighted by atomic mass is 9.70. The van der Waals surface area contributed by atoms with Crippen molar-refractivity contribution in [3.63, 3.8) is 0 Å². The van der Waals surface area contributed by atoms with Crippen molar-refractivity contribution < 1.29 is 33.8 Å². The minimum Gasteiger partial charge on any atom is -0.455 e. The number of aliphatic hydroxyl groups is 1. The molecule has 3 fully saturated rings. The summed E-state index contributed by atoms with van der Waals surface area (Å²) >= 11 is 10.4. The average Bonchev–Trinajstić information content (AvgIpc) is 3.78. The van der Waals surface area contributed by atoms with Crippen LogP contribution in [0, 0.1) is 11.8 Å². The molecule has 3 aromatic carbocycles. The number of rotatable bonds is 16. The van der Waals surface area contributed by atoms with Gasteiger partial charge in [0, 0.05) is 17.8 Å². The number of anilines is 1. The second-order valence-electron chi connectivity index (χ2n) is 14.1. The van der Waals surface area contributed by atoms with Crippen LogP contribution in [0.15, 0.2) is 110 Å². The van der Waals surface area contributed by atoms with E-state index in [1.54, 1.807) is 43.3 Å². The van der Waals surface area contributed by atoms with Crippen LogP contribution in [0.1, 0.15) is 43.4 Å². The van der Waals surface area contributed by atoms with Crippen LogP contribution in [-0.2, 0) is 35.1 Å². The van der Waals surface area contributed by atoms with Crippen LogP contribution in [0.25, 0.3) is 0 Å². The van der Waals surface area contributed by atoms with Crippen LogP contribution in [-0.4, -0.2) is 81.5 Å². The molecule has 0 radical (unpaired) electrons. The second kappa shape index (κ2) is 17.0. The van der Waals surface area contributed by atoms with Gasteiger partial charge in [0.2, 0.25) is 11.8 Å². The number of alkyl halides is 1. The molecular weight excluding hydrogens is 774 g/mol. The molecule has 2 bridgehead atoms. The molecule has 9 atom stereocenters. The van der Waals surface area contributed by atoms with Crippen LogP contribution < -0.4 is 10.2 Å². The van der Waals surface area contributed by atoms with Crippen LogP contribution in [0.5, 0.6) is 0 Å². The average molecular weight is 819 g/mol. The number of benzene rings is 3. The fraction of sp³-hybridized carbons (Fsp3) is 0.381. The van der Waals surface area contributed by atoms with E-state index in [-0.39, 0.29) is 31.7 Å². The van der Waals surface area contributed by atoms with Gasteiger partial charge in [-0.2, -0.15) is 0 Å².